The second-order valence-electron chi connectivity index (χ2n) is 5.28. The van der Waals surface area contributed by atoms with Gasteiger partial charge in [-0.25, -0.2) is 4.79 Å². The lowest BCUT2D eigenvalue weighted by Gasteiger charge is -2.03. The Morgan fingerprint density at radius 3 is 1.95 bits per heavy atom. The van der Waals surface area contributed by atoms with Gasteiger partial charge >= 0.3 is 5.97 Å². The van der Waals surface area contributed by atoms with Crippen molar-refractivity contribution in [2.24, 2.45) is 0 Å². The van der Waals surface area contributed by atoms with Gasteiger partial charge in [-0.2, -0.15) is 0 Å². The number of esters is 1. The normalized spacial score (nSPS) is 24.2. The van der Waals surface area contributed by atoms with Gasteiger partial charge in [0.1, 0.15) is 0 Å². The van der Waals surface area contributed by atoms with Crippen LogP contribution in [0.1, 0.15) is 64.2 Å². The van der Waals surface area contributed by atoms with Gasteiger partial charge in [-0.15, -0.1) is 0 Å². The second-order valence-corrected chi connectivity index (χ2v) is 5.28. The molecule has 1 aliphatic heterocycles. The van der Waals surface area contributed by atoms with Gasteiger partial charge in [0.2, 0.25) is 0 Å². The molecule has 0 amide bonds. The highest BCUT2D eigenvalue weighted by molar-refractivity contribution is 5.90. The van der Waals surface area contributed by atoms with E-state index in [4.69, 9.17) is 4.74 Å². The molecule has 0 N–H and O–H groups in total. The van der Waals surface area contributed by atoms with Gasteiger partial charge in [0, 0.05) is 12.5 Å². The van der Waals surface area contributed by atoms with Gasteiger partial charge in [0.25, 0.3) is 0 Å². The molecule has 0 aliphatic carbocycles. The third-order valence-corrected chi connectivity index (χ3v) is 3.44. The first-order valence-corrected chi connectivity index (χ1v) is 7.83. The number of allylic oxidation sites excluding steroid dienone is 3. The van der Waals surface area contributed by atoms with E-state index in [0.29, 0.717) is 13.0 Å². The van der Waals surface area contributed by atoms with E-state index in [0.717, 1.165) is 25.7 Å². The van der Waals surface area contributed by atoms with Crippen LogP contribution in [0.4, 0.5) is 0 Å². The number of cyclic esters (lactones) is 1. The highest BCUT2D eigenvalue weighted by Gasteiger charge is 1.99. The van der Waals surface area contributed by atoms with E-state index >= 15 is 0 Å². The zero-order chi connectivity index (χ0) is 14.5. The first kappa shape index (κ1) is 16.7. The first-order valence-electron chi connectivity index (χ1n) is 7.83. The number of rotatable bonds is 0. The van der Waals surface area contributed by atoms with E-state index < -0.39 is 0 Å². The largest absolute Gasteiger partial charge is 0.463 e. The zero-order valence-electron chi connectivity index (χ0n) is 12.3. The van der Waals surface area contributed by atoms with Crippen molar-refractivity contribution in [1.82, 2.24) is 0 Å². The molecule has 3 nitrogen and oxygen atoms in total. The predicted octanol–water partition coefficient (Wildman–Crippen LogP) is 4.13. The van der Waals surface area contributed by atoms with Crippen LogP contribution in [-0.4, -0.2) is 18.4 Å². The smallest absolute Gasteiger partial charge is 0.330 e. The molecule has 0 fully saturated rings. The monoisotopic (exact) mass is 278 g/mol. The molecular weight excluding hydrogens is 252 g/mol. The average Bonchev–Trinajstić information content (AvgIpc) is 2.44. The SMILES string of the molecule is O=C1/C=C\C=C/C(=O)OCCCCCCCCCCC1. The molecule has 0 radical (unpaired) electrons. The van der Waals surface area contributed by atoms with Gasteiger partial charge in [0.05, 0.1) is 6.61 Å². The minimum Gasteiger partial charge on any atom is -0.463 e. The summed E-state index contributed by atoms with van der Waals surface area (Å²) in [6.45, 7) is 0.492. The molecule has 3 heteroatoms. The number of carbonyl (C=O) groups is 2. The van der Waals surface area contributed by atoms with Crippen LogP contribution >= 0.6 is 0 Å². The van der Waals surface area contributed by atoms with Crippen molar-refractivity contribution in [3.05, 3.63) is 24.3 Å². The molecule has 1 heterocycles. The molecule has 0 bridgehead atoms. The van der Waals surface area contributed by atoms with Crippen LogP contribution in [0.5, 0.6) is 0 Å². The van der Waals surface area contributed by atoms with E-state index in [1.807, 2.05) is 0 Å². The van der Waals surface area contributed by atoms with Crippen LogP contribution in [-0.2, 0) is 14.3 Å². The Morgan fingerprint density at radius 2 is 1.25 bits per heavy atom. The van der Waals surface area contributed by atoms with Crippen LogP contribution in [0.3, 0.4) is 0 Å². The summed E-state index contributed by atoms with van der Waals surface area (Å²) in [5, 5.41) is 0. The second kappa shape index (κ2) is 11.4. The van der Waals surface area contributed by atoms with E-state index in [9.17, 15) is 9.59 Å². The lowest BCUT2D eigenvalue weighted by Crippen LogP contribution is -2.02. The lowest BCUT2D eigenvalue weighted by molar-refractivity contribution is -0.137. The van der Waals surface area contributed by atoms with Crippen molar-refractivity contribution in [3.63, 3.8) is 0 Å². The van der Waals surface area contributed by atoms with Crippen molar-refractivity contribution in [3.8, 4) is 0 Å². The minimum atomic E-state index is -0.330. The van der Waals surface area contributed by atoms with Gasteiger partial charge in [0.15, 0.2) is 5.78 Å². The van der Waals surface area contributed by atoms with E-state index in [1.165, 1.54) is 44.3 Å². The van der Waals surface area contributed by atoms with Crippen LogP contribution in [0.2, 0.25) is 0 Å². The summed E-state index contributed by atoms with van der Waals surface area (Å²) in [4.78, 5) is 22.9. The number of ether oxygens (including phenoxy) is 1. The molecule has 0 atom stereocenters. The van der Waals surface area contributed by atoms with E-state index in [1.54, 1.807) is 12.2 Å². The third kappa shape index (κ3) is 9.54. The molecule has 0 spiro atoms. The Balaban J connectivity index is 2.36. The van der Waals surface area contributed by atoms with Gasteiger partial charge in [-0.05, 0) is 18.9 Å². The Bertz CT molecular complexity index is 308. The summed E-state index contributed by atoms with van der Waals surface area (Å²) >= 11 is 0. The molecule has 20 heavy (non-hydrogen) atoms. The van der Waals surface area contributed by atoms with Crippen molar-refractivity contribution < 1.29 is 14.3 Å². The summed E-state index contributed by atoms with van der Waals surface area (Å²) in [5.74, 6) is -0.202. The number of hydrogen-bond acceptors (Lipinski definition) is 3. The fraction of sp³-hybridized carbons (Fsp3) is 0.647. The Morgan fingerprint density at radius 1 is 0.700 bits per heavy atom. The Hall–Kier alpha value is -1.38. The molecular formula is C17H26O3. The highest BCUT2D eigenvalue weighted by atomic mass is 16.5. The molecule has 0 aromatic rings. The Kier molecular flexibility index (Phi) is 9.54. The fourth-order valence-electron chi connectivity index (χ4n) is 2.24. The highest BCUT2D eigenvalue weighted by Crippen LogP contribution is 2.11. The van der Waals surface area contributed by atoms with Gasteiger partial charge in [-0.3, -0.25) is 4.79 Å². The standard InChI is InChI=1S/C17H26O3/c18-16-12-8-6-4-2-1-3-5-7-11-15-20-17(19)14-10-9-13-16/h9-10,13-14H,1-8,11-12,15H2/b13-9-,14-10-. The summed E-state index contributed by atoms with van der Waals surface area (Å²) < 4.78 is 5.07. The quantitative estimate of drug-likeness (QED) is 0.626. The Labute approximate surface area is 122 Å². The number of ketones is 1. The zero-order valence-corrected chi connectivity index (χ0v) is 12.3. The maximum atomic E-state index is 11.5. The molecule has 112 valence electrons. The maximum Gasteiger partial charge on any atom is 0.330 e. The molecule has 0 unspecified atom stereocenters. The van der Waals surface area contributed by atoms with Crippen molar-refractivity contribution in [1.29, 1.82) is 0 Å². The van der Waals surface area contributed by atoms with Crippen molar-refractivity contribution in [2.45, 2.75) is 64.2 Å². The van der Waals surface area contributed by atoms with Gasteiger partial charge < -0.3 is 4.74 Å². The van der Waals surface area contributed by atoms with Crippen LogP contribution in [0, 0.1) is 0 Å². The van der Waals surface area contributed by atoms with E-state index in [2.05, 4.69) is 0 Å². The maximum absolute atomic E-state index is 11.5. The number of carbonyl (C=O) groups excluding carboxylic acids is 2. The van der Waals surface area contributed by atoms with Crippen LogP contribution < -0.4 is 0 Å². The first-order chi connectivity index (χ1) is 9.79. The topological polar surface area (TPSA) is 43.4 Å². The molecule has 0 saturated carbocycles. The molecule has 1 rings (SSSR count). The van der Waals surface area contributed by atoms with Gasteiger partial charge in [-0.1, -0.05) is 57.1 Å². The summed E-state index contributed by atoms with van der Waals surface area (Å²) in [7, 11) is 0. The third-order valence-electron chi connectivity index (χ3n) is 3.44. The van der Waals surface area contributed by atoms with Crippen LogP contribution in [0.25, 0.3) is 0 Å². The summed E-state index contributed by atoms with van der Waals surface area (Å²) in [6.07, 6.45) is 17.1. The fourth-order valence-corrected chi connectivity index (χ4v) is 2.24. The van der Waals surface area contributed by atoms with Crippen LogP contribution in [0.15, 0.2) is 24.3 Å². The van der Waals surface area contributed by atoms with Crippen molar-refractivity contribution >= 4 is 11.8 Å². The summed E-state index contributed by atoms with van der Waals surface area (Å²) in [5.41, 5.74) is 0. The average molecular weight is 278 g/mol. The lowest BCUT2D eigenvalue weighted by atomic mass is 10.1. The summed E-state index contributed by atoms with van der Waals surface area (Å²) in [6, 6.07) is 0. The van der Waals surface area contributed by atoms with E-state index in [-0.39, 0.29) is 11.8 Å². The minimum absolute atomic E-state index is 0.129. The predicted molar refractivity (Wildman–Crippen MR) is 80.4 cm³/mol. The molecule has 0 aromatic heterocycles. The molecule has 1 aliphatic rings. The van der Waals surface area contributed by atoms with Crippen molar-refractivity contribution in [2.75, 3.05) is 6.61 Å². The number of hydrogen-bond donors (Lipinski definition) is 0. The molecule has 0 aromatic carbocycles. The molecule has 0 saturated heterocycles.